The van der Waals surface area contributed by atoms with Crippen LogP contribution < -0.4 is 4.90 Å². The van der Waals surface area contributed by atoms with E-state index in [0.717, 1.165) is 16.6 Å². The van der Waals surface area contributed by atoms with Crippen LogP contribution in [-0.2, 0) is 6.61 Å². The molecule has 0 bridgehead atoms. The molecule has 1 aliphatic heterocycles. The lowest BCUT2D eigenvalue weighted by molar-refractivity contribution is 0.285. The van der Waals surface area contributed by atoms with Crippen molar-refractivity contribution < 1.29 is 5.11 Å². The molecule has 1 aliphatic rings. The zero-order valence-corrected chi connectivity index (χ0v) is 11.2. The van der Waals surface area contributed by atoms with E-state index in [0.29, 0.717) is 17.1 Å². The van der Waals surface area contributed by atoms with E-state index in [-0.39, 0.29) is 6.61 Å². The highest BCUT2D eigenvalue weighted by molar-refractivity contribution is 7.16. The maximum absolute atomic E-state index is 9.12. The first-order chi connectivity index (χ1) is 7.63. The van der Waals surface area contributed by atoms with Gasteiger partial charge in [0.05, 0.1) is 11.5 Å². The summed E-state index contributed by atoms with van der Waals surface area (Å²) >= 11 is 7.47. The molecule has 0 aliphatic carbocycles. The van der Waals surface area contributed by atoms with Gasteiger partial charge in [0.1, 0.15) is 5.15 Å². The average Bonchev–Trinajstić information content (AvgIpc) is 2.82. The van der Waals surface area contributed by atoms with E-state index in [1.807, 2.05) is 0 Å². The van der Waals surface area contributed by atoms with E-state index in [2.05, 4.69) is 23.7 Å². The molecule has 16 heavy (non-hydrogen) atoms. The summed E-state index contributed by atoms with van der Waals surface area (Å²) in [5.41, 5.74) is 0. The number of anilines is 1. The Bertz CT molecular complexity index is 367. The van der Waals surface area contributed by atoms with Gasteiger partial charge < -0.3 is 10.0 Å². The smallest absolute Gasteiger partial charge is 0.187 e. The Hall–Kier alpha value is -0.320. The molecule has 1 unspecified atom stereocenters. The van der Waals surface area contributed by atoms with Gasteiger partial charge in [-0.3, -0.25) is 0 Å². The van der Waals surface area contributed by atoms with Crippen molar-refractivity contribution in [2.75, 3.05) is 11.4 Å². The summed E-state index contributed by atoms with van der Waals surface area (Å²) in [5, 5.41) is 10.5. The molecule has 1 fully saturated rings. The van der Waals surface area contributed by atoms with E-state index in [9.17, 15) is 0 Å². The molecule has 0 amide bonds. The van der Waals surface area contributed by atoms with Crippen molar-refractivity contribution in [3.8, 4) is 0 Å². The maximum atomic E-state index is 9.12. The normalized spacial score (nSPS) is 21.1. The van der Waals surface area contributed by atoms with Crippen molar-refractivity contribution in [3.63, 3.8) is 0 Å². The predicted octanol–water partition coefficient (Wildman–Crippen LogP) is 2.91. The van der Waals surface area contributed by atoms with E-state index in [1.54, 1.807) is 0 Å². The minimum atomic E-state index is -0.0172. The number of thiazole rings is 1. The van der Waals surface area contributed by atoms with E-state index < -0.39 is 0 Å². The third-order valence-electron chi connectivity index (χ3n) is 3.10. The fourth-order valence-electron chi connectivity index (χ4n) is 2.26. The molecule has 2 rings (SSSR count). The molecule has 5 heteroatoms. The molecule has 3 nitrogen and oxygen atoms in total. The third kappa shape index (κ3) is 2.19. The molecule has 0 saturated carbocycles. The van der Waals surface area contributed by atoms with Crippen molar-refractivity contribution in [2.24, 2.45) is 5.92 Å². The summed E-state index contributed by atoms with van der Waals surface area (Å²) < 4.78 is 0. The summed E-state index contributed by atoms with van der Waals surface area (Å²) in [6.07, 6.45) is 2.44. The van der Waals surface area contributed by atoms with Crippen LogP contribution in [0.1, 0.15) is 31.6 Å². The summed E-state index contributed by atoms with van der Waals surface area (Å²) in [5.74, 6) is 0.628. The van der Waals surface area contributed by atoms with Gasteiger partial charge in [-0.05, 0) is 18.8 Å². The van der Waals surface area contributed by atoms with Crippen LogP contribution in [0.25, 0.3) is 0 Å². The first-order valence-corrected chi connectivity index (χ1v) is 6.85. The Kier molecular flexibility index (Phi) is 3.72. The van der Waals surface area contributed by atoms with Crippen molar-refractivity contribution >= 4 is 28.1 Å². The Morgan fingerprint density at radius 2 is 2.38 bits per heavy atom. The molecular formula is C11H17ClN2OS. The van der Waals surface area contributed by atoms with Gasteiger partial charge in [-0.15, -0.1) is 0 Å². The van der Waals surface area contributed by atoms with Gasteiger partial charge in [-0.2, -0.15) is 0 Å². The molecule has 0 radical (unpaired) electrons. The monoisotopic (exact) mass is 260 g/mol. The molecule has 0 spiro atoms. The van der Waals surface area contributed by atoms with Crippen LogP contribution in [-0.4, -0.2) is 22.7 Å². The van der Waals surface area contributed by atoms with Crippen molar-refractivity contribution in [2.45, 2.75) is 39.3 Å². The minimum Gasteiger partial charge on any atom is -0.391 e. The van der Waals surface area contributed by atoms with E-state index >= 15 is 0 Å². The zero-order chi connectivity index (χ0) is 11.7. The Morgan fingerprint density at radius 1 is 1.62 bits per heavy atom. The van der Waals surface area contributed by atoms with Gasteiger partial charge >= 0.3 is 0 Å². The molecule has 2 heterocycles. The van der Waals surface area contributed by atoms with E-state index in [1.165, 1.54) is 24.2 Å². The van der Waals surface area contributed by atoms with Crippen LogP contribution in [0.2, 0.25) is 5.15 Å². The Labute approximate surface area is 105 Å². The second kappa shape index (κ2) is 4.90. The lowest BCUT2D eigenvalue weighted by Gasteiger charge is -2.26. The largest absolute Gasteiger partial charge is 0.391 e. The second-order valence-corrected chi connectivity index (χ2v) is 5.94. The van der Waals surface area contributed by atoms with Crippen molar-refractivity contribution in [3.05, 3.63) is 10.0 Å². The number of nitrogens with zero attached hydrogens (tertiary/aromatic N) is 2. The molecule has 1 N–H and O–H groups in total. The maximum Gasteiger partial charge on any atom is 0.187 e. The standard InChI is InChI=1S/C11H17ClN2OS/c1-7(2)8-4-3-5-14(8)11-13-10(12)9(6-15)16-11/h7-8,15H,3-6H2,1-2H3. The predicted molar refractivity (Wildman–Crippen MR) is 68.3 cm³/mol. The number of aromatic nitrogens is 1. The lowest BCUT2D eigenvalue weighted by Crippen LogP contribution is -2.33. The Balaban J connectivity index is 2.22. The molecule has 90 valence electrons. The zero-order valence-electron chi connectivity index (χ0n) is 9.61. The number of halogens is 1. The number of aliphatic hydroxyl groups excluding tert-OH is 1. The lowest BCUT2D eigenvalue weighted by atomic mass is 10.0. The van der Waals surface area contributed by atoms with Crippen LogP contribution in [0.15, 0.2) is 0 Å². The third-order valence-corrected chi connectivity index (χ3v) is 4.60. The molecule has 1 saturated heterocycles. The molecule has 1 aromatic heterocycles. The van der Waals surface area contributed by atoms with Crippen molar-refractivity contribution in [1.82, 2.24) is 4.98 Å². The summed E-state index contributed by atoms with van der Waals surface area (Å²) in [7, 11) is 0. The number of rotatable bonds is 3. The first kappa shape index (κ1) is 12.1. The fourth-order valence-corrected chi connectivity index (χ4v) is 3.47. The van der Waals surface area contributed by atoms with Crippen LogP contribution in [0, 0.1) is 5.92 Å². The van der Waals surface area contributed by atoms with Gasteiger partial charge in [0.15, 0.2) is 5.13 Å². The highest BCUT2D eigenvalue weighted by Crippen LogP contribution is 2.35. The quantitative estimate of drug-likeness (QED) is 0.908. The summed E-state index contributed by atoms with van der Waals surface area (Å²) in [6, 6.07) is 0.564. The van der Waals surface area contributed by atoms with Crippen molar-refractivity contribution in [1.29, 1.82) is 0 Å². The number of hydrogen-bond donors (Lipinski definition) is 1. The average molecular weight is 261 g/mol. The highest BCUT2D eigenvalue weighted by atomic mass is 35.5. The van der Waals surface area contributed by atoms with Gasteiger partial charge in [0.25, 0.3) is 0 Å². The summed E-state index contributed by atoms with van der Waals surface area (Å²) in [4.78, 5) is 7.45. The number of hydrogen-bond acceptors (Lipinski definition) is 4. The van der Waals surface area contributed by atoms with E-state index in [4.69, 9.17) is 16.7 Å². The van der Waals surface area contributed by atoms with Crippen LogP contribution in [0.4, 0.5) is 5.13 Å². The summed E-state index contributed by atoms with van der Waals surface area (Å²) in [6.45, 7) is 5.52. The minimum absolute atomic E-state index is 0.0172. The number of aliphatic hydroxyl groups is 1. The van der Waals surface area contributed by atoms with Gasteiger partial charge in [0.2, 0.25) is 0 Å². The van der Waals surface area contributed by atoms with Gasteiger partial charge in [0, 0.05) is 12.6 Å². The molecule has 1 atom stereocenters. The molecule has 0 aromatic carbocycles. The topological polar surface area (TPSA) is 36.4 Å². The SMILES string of the molecule is CC(C)C1CCCN1c1nc(Cl)c(CO)s1. The van der Waals surface area contributed by atoms with Crippen LogP contribution in [0.3, 0.4) is 0 Å². The van der Waals surface area contributed by atoms with Gasteiger partial charge in [-0.25, -0.2) is 4.98 Å². The molecular weight excluding hydrogens is 244 g/mol. The first-order valence-electron chi connectivity index (χ1n) is 5.66. The highest BCUT2D eigenvalue weighted by Gasteiger charge is 2.29. The fraction of sp³-hybridized carbons (Fsp3) is 0.727. The second-order valence-electron chi connectivity index (χ2n) is 4.52. The molecule has 1 aromatic rings. The Morgan fingerprint density at radius 3 is 2.94 bits per heavy atom. The van der Waals surface area contributed by atoms with Crippen LogP contribution in [0.5, 0.6) is 0 Å². The van der Waals surface area contributed by atoms with Gasteiger partial charge in [-0.1, -0.05) is 36.8 Å². The van der Waals surface area contributed by atoms with Crippen LogP contribution >= 0.6 is 22.9 Å².